The van der Waals surface area contributed by atoms with Gasteiger partial charge in [-0.25, -0.2) is 0 Å². The maximum atomic E-state index is 12.0. The van der Waals surface area contributed by atoms with Gasteiger partial charge in [0.15, 0.2) is 5.11 Å². The van der Waals surface area contributed by atoms with E-state index >= 15 is 0 Å². The average molecular weight is 533 g/mol. The number of aromatic nitrogens is 3. The minimum Gasteiger partial charge on any atom is -0.375 e. The Morgan fingerprint density at radius 1 is 1.16 bits per heavy atom. The summed E-state index contributed by atoms with van der Waals surface area (Å²) in [7, 11) is 1.47. The van der Waals surface area contributed by atoms with Crippen molar-refractivity contribution in [2.24, 2.45) is 0 Å². The standard InChI is InChI=1S/C27H25ClN6O2S/c1-36-17-24(35)31-21-10-9-19(14-20(21)28)34-26(25(32-27(34)37)22-7-2-3-12-30-22)23-8-5-13-33(23)16-18-6-4-11-29-15-18/h2-15,25-26H,16-17H2,1H3,(H,31,35)(H,32,37)/t25-,26-/m1/s1. The first-order chi connectivity index (χ1) is 18.0. The summed E-state index contributed by atoms with van der Waals surface area (Å²) in [5.41, 5.74) is 4.32. The van der Waals surface area contributed by atoms with Crippen molar-refractivity contribution in [3.8, 4) is 0 Å². The number of pyridine rings is 2. The van der Waals surface area contributed by atoms with Gasteiger partial charge < -0.3 is 24.8 Å². The molecule has 1 aliphatic heterocycles. The molecule has 1 saturated heterocycles. The number of benzene rings is 1. The van der Waals surface area contributed by atoms with Crippen molar-refractivity contribution in [1.29, 1.82) is 0 Å². The quantitative estimate of drug-likeness (QED) is 0.317. The normalized spacial score (nSPS) is 17.0. The van der Waals surface area contributed by atoms with Gasteiger partial charge in [0, 0.05) is 49.8 Å². The third-order valence-electron chi connectivity index (χ3n) is 6.12. The molecule has 0 aliphatic carbocycles. The Bertz CT molecular complexity index is 1400. The number of nitrogens with zero attached hydrogens (tertiary/aromatic N) is 4. The number of anilines is 2. The molecular formula is C27H25ClN6O2S. The van der Waals surface area contributed by atoms with Crippen LogP contribution in [-0.4, -0.2) is 39.3 Å². The lowest BCUT2D eigenvalue weighted by molar-refractivity contribution is -0.119. The molecule has 37 heavy (non-hydrogen) atoms. The van der Waals surface area contributed by atoms with Gasteiger partial charge in [0.2, 0.25) is 5.91 Å². The molecule has 1 fully saturated rings. The largest absolute Gasteiger partial charge is 0.375 e. The van der Waals surface area contributed by atoms with Crippen molar-refractivity contribution < 1.29 is 9.53 Å². The van der Waals surface area contributed by atoms with Gasteiger partial charge in [0.1, 0.15) is 12.6 Å². The van der Waals surface area contributed by atoms with Gasteiger partial charge >= 0.3 is 0 Å². The van der Waals surface area contributed by atoms with E-state index in [1.54, 1.807) is 24.5 Å². The van der Waals surface area contributed by atoms with Crippen LogP contribution in [0.25, 0.3) is 0 Å². The molecule has 4 aromatic rings. The summed E-state index contributed by atoms with van der Waals surface area (Å²) in [6.45, 7) is 0.605. The van der Waals surface area contributed by atoms with Crippen LogP contribution in [0.1, 0.15) is 29.0 Å². The zero-order valence-electron chi connectivity index (χ0n) is 20.0. The molecule has 0 spiro atoms. The van der Waals surface area contributed by atoms with Crippen LogP contribution >= 0.6 is 23.8 Å². The number of amides is 1. The number of carbonyl (C=O) groups is 1. The Morgan fingerprint density at radius 2 is 2.05 bits per heavy atom. The Hall–Kier alpha value is -3.79. The fraction of sp³-hybridized carbons (Fsp3) is 0.185. The molecule has 0 radical (unpaired) electrons. The molecule has 5 rings (SSSR count). The number of ether oxygens (including phenoxy) is 1. The predicted molar refractivity (Wildman–Crippen MR) is 148 cm³/mol. The van der Waals surface area contributed by atoms with Crippen LogP contribution in [0.5, 0.6) is 0 Å². The molecule has 3 aromatic heterocycles. The molecule has 1 aromatic carbocycles. The topological polar surface area (TPSA) is 84.3 Å². The van der Waals surface area contributed by atoms with Gasteiger partial charge in [-0.05, 0) is 66.3 Å². The molecule has 4 heterocycles. The van der Waals surface area contributed by atoms with E-state index in [4.69, 9.17) is 28.6 Å². The third kappa shape index (κ3) is 5.34. The highest BCUT2D eigenvalue weighted by atomic mass is 35.5. The molecule has 10 heteroatoms. The van der Waals surface area contributed by atoms with Gasteiger partial charge in [-0.3, -0.25) is 14.8 Å². The molecule has 0 unspecified atom stereocenters. The summed E-state index contributed by atoms with van der Waals surface area (Å²) in [6.07, 6.45) is 7.47. The number of halogens is 1. The minimum absolute atomic E-state index is 0.0556. The lowest BCUT2D eigenvalue weighted by Gasteiger charge is -2.29. The van der Waals surface area contributed by atoms with Crippen LogP contribution in [0.15, 0.2) is 85.5 Å². The fourth-order valence-electron chi connectivity index (χ4n) is 4.53. The summed E-state index contributed by atoms with van der Waals surface area (Å²) in [6, 6.07) is 19.0. The fourth-order valence-corrected chi connectivity index (χ4v) is 5.10. The van der Waals surface area contributed by atoms with E-state index in [-0.39, 0.29) is 24.6 Å². The van der Waals surface area contributed by atoms with Gasteiger partial charge in [-0.2, -0.15) is 0 Å². The lowest BCUT2D eigenvalue weighted by Crippen LogP contribution is -2.30. The van der Waals surface area contributed by atoms with Crippen molar-refractivity contribution in [3.63, 3.8) is 0 Å². The number of carbonyl (C=O) groups excluding carboxylic acids is 1. The molecule has 8 nitrogen and oxygen atoms in total. The van der Waals surface area contributed by atoms with Crippen molar-refractivity contribution >= 4 is 46.2 Å². The number of thiocarbonyl (C=S) groups is 1. The van der Waals surface area contributed by atoms with Crippen LogP contribution in [0.3, 0.4) is 0 Å². The van der Waals surface area contributed by atoms with Crippen LogP contribution in [-0.2, 0) is 16.1 Å². The van der Waals surface area contributed by atoms with Crippen LogP contribution in [0.4, 0.5) is 11.4 Å². The lowest BCUT2D eigenvalue weighted by atomic mass is 10.0. The minimum atomic E-state index is -0.281. The molecule has 2 N–H and O–H groups in total. The Kier molecular flexibility index (Phi) is 7.45. The summed E-state index contributed by atoms with van der Waals surface area (Å²) in [5, 5.41) is 7.19. The molecule has 0 saturated carbocycles. The van der Waals surface area contributed by atoms with E-state index in [0.717, 1.165) is 22.6 Å². The van der Waals surface area contributed by atoms with E-state index < -0.39 is 0 Å². The molecule has 1 aliphatic rings. The first-order valence-electron chi connectivity index (χ1n) is 11.7. The van der Waals surface area contributed by atoms with E-state index in [1.807, 2.05) is 42.6 Å². The molecule has 1 amide bonds. The van der Waals surface area contributed by atoms with Gasteiger partial charge in [-0.15, -0.1) is 0 Å². The van der Waals surface area contributed by atoms with Gasteiger partial charge in [-0.1, -0.05) is 23.7 Å². The maximum absolute atomic E-state index is 12.0. The predicted octanol–water partition coefficient (Wildman–Crippen LogP) is 4.74. The van der Waals surface area contributed by atoms with Crippen molar-refractivity contribution in [1.82, 2.24) is 19.9 Å². The number of rotatable bonds is 8. The van der Waals surface area contributed by atoms with E-state index in [1.165, 1.54) is 7.11 Å². The summed E-state index contributed by atoms with van der Waals surface area (Å²) in [4.78, 5) is 22.9. The highest BCUT2D eigenvalue weighted by Gasteiger charge is 2.42. The van der Waals surface area contributed by atoms with E-state index in [2.05, 4.69) is 48.4 Å². The second kappa shape index (κ2) is 11.1. The Morgan fingerprint density at radius 3 is 2.78 bits per heavy atom. The second-order valence-corrected chi connectivity index (χ2v) is 9.36. The van der Waals surface area contributed by atoms with E-state index in [9.17, 15) is 4.79 Å². The number of hydrogen-bond donors (Lipinski definition) is 2. The van der Waals surface area contributed by atoms with Crippen molar-refractivity contribution in [3.05, 3.63) is 107 Å². The van der Waals surface area contributed by atoms with Crippen LogP contribution in [0.2, 0.25) is 5.02 Å². The molecular weight excluding hydrogens is 508 g/mol. The first kappa shape index (κ1) is 24.9. The summed E-state index contributed by atoms with van der Waals surface area (Å²) >= 11 is 12.4. The smallest absolute Gasteiger partial charge is 0.250 e. The maximum Gasteiger partial charge on any atom is 0.250 e. The summed E-state index contributed by atoms with van der Waals surface area (Å²) in [5.74, 6) is -0.281. The van der Waals surface area contributed by atoms with Crippen LogP contribution < -0.4 is 15.5 Å². The highest BCUT2D eigenvalue weighted by molar-refractivity contribution is 7.80. The second-order valence-electron chi connectivity index (χ2n) is 8.56. The summed E-state index contributed by atoms with van der Waals surface area (Å²) < 4.78 is 7.09. The van der Waals surface area contributed by atoms with E-state index in [0.29, 0.717) is 22.4 Å². The molecule has 0 bridgehead atoms. The SMILES string of the molecule is COCC(=O)Nc1ccc(N2C(=S)N[C@H](c3ccccn3)[C@H]2c2cccn2Cc2cccnc2)cc1Cl. The Labute approximate surface area is 225 Å². The third-order valence-corrected chi connectivity index (χ3v) is 6.75. The van der Waals surface area contributed by atoms with Crippen molar-refractivity contribution in [2.45, 2.75) is 18.6 Å². The first-order valence-corrected chi connectivity index (χ1v) is 12.5. The number of hydrogen-bond acceptors (Lipinski definition) is 5. The molecule has 188 valence electrons. The zero-order chi connectivity index (χ0) is 25.8. The average Bonchev–Trinajstić information content (AvgIpc) is 3.50. The molecule has 2 atom stereocenters. The monoisotopic (exact) mass is 532 g/mol. The number of methoxy groups -OCH3 is 1. The van der Waals surface area contributed by atoms with Gasteiger partial charge in [0.05, 0.1) is 22.4 Å². The number of nitrogens with one attached hydrogen (secondary N) is 2. The van der Waals surface area contributed by atoms with Crippen molar-refractivity contribution in [2.75, 3.05) is 23.9 Å². The van der Waals surface area contributed by atoms with Crippen LogP contribution in [0, 0.1) is 0 Å². The van der Waals surface area contributed by atoms with Gasteiger partial charge in [0.25, 0.3) is 0 Å². The zero-order valence-corrected chi connectivity index (χ0v) is 21.6. The Balaban J connectivity index is 1.54. The highest BCUT2D eigenvalue weighted by Crippen LogP contribution is 2.43.